The second-order valence-electron chi connectivity index (χ2n) is 7.78. The minimum atomic E-state index is -0.263. The first-order chi connectivity index (χ1) is 16.6. The maximum Gasteiger partial charge on any atom is 0.247 e. The van der Waals surface area contributed by atoms with E-state index >= 15 is 0 Å². The third-order valence-corrected chi connectivity index (χ3v) is 5.86. The van der Waals surface area contributed by atoms with Gasteiger partial charge in [-0.15, -0.1) is 0 Å². The number of carbonyl (C=O) groups excluding carboxylic acids is 1. The summed E-state index contributed by atoms with van der Waals surface area (Å²) in [6.07, 6.45) is 3.09. The molecule has 0 atom stereocenters. The topological polar surface area (TPSA) is 54.9 Å². The van der Waals surface area contributed by atoms with E-state index in [-0.39, 0.29) is 5.91 Å². The molecule has 0 saturated carbocycles. The normalized spacial score (nSPS) is 10.7. The van der Waals surface area contributed by atoms with Gasteiger partial charge in [0.1, 0.15) is 0 Å². The average molecular weight is 462 g/mol. The molecule has 5 rings (SSSR count). The van der Waals surface area contributed by atoms with Gasteiger partial charge in [0, 0.05) is 39.0 Å². The fourth-order valence-electron chi connectivity index (χ4n) is 3.90. The van der Waals surface area contributed by atoms with Crippen LogP contribution in [0, 0.1) is 0 Å². The molecule has 0 aliphatic rings. The number of carbonyl (C=O) groups is 1. The zero-order valence-electron chi connectivity index (χ0n) is 18.2. The van der Waals surface area contributed by atoms with E-state index in [2.05, 4.69) is 29.0 Å². The number of anilines is 1. The van der Waals surface area contributed by atoms with Gasteiger partial charge >= 0.3 is 0 Å². The molecule has 1 heterocycles. The van der Waals surface area contributed by atoms with E-state index in [4.69, 9.17) is 16.6 Å². The molecule has 1 amide bonds. The number of hydrogen-bond donors (Lipinski definition) is 1. The van der Waals surface area contributed by atoms with Crippen LogP contribution in [0.3, 0.4) is 0 Å². The summed E-state index contributed by atoms with van der Waals surface area (Å²) in [4.78, 5) is 21.4. The summed E-state index contributed by atoms with van der Waals surface area (Å²) in [6, 6.07) is 29.4. The van der Waals surface area contributed by atoms with Crippen molar-refractivity contribution in [3.8, 4) is 33.6 Å². The maximum atomic E-state index is 11.9. The highest BCUT2D eigenvalue weighted by Crippen LogP contribution is 2.37. The second kappa shape index (κ2) is 9.30. The largest absolute Gasteiger partial charge is 0.323 e. The highest BCUT2D eigenvalue weighted by Gasteiger charge is 2.14. The van der Waals surface area contributed by atoms with Crippen LogP contribution in [-0.2, 0) is 4.79 Å². The molecule has 4 aromatic carbocycles. The number of amides is 1. The first-order valence-electron chi connectivity index (χ1n) is 10.8. The van der Waals surface area contributed by atoms with Gasteiger partial charge in [-0.3, -0.25) is 4.79 Å². The van der Waals surface area contributed by atoms with Gasteiger partial charge in [0.05, 0.1) is 5.52 Å². The Labute approximate surface area is 202 Å². The van der Waals surface area contributed by atoms with E-state index in [1.165, 1.54) is 6.08 Å². The molecule has 1 N–H and O–H groups in total. The van der Waals surface area contributed by atoms with Crippen LogP contribution in [0.25, 0.3) is 44.5 Å². The lowest BCUT2D eigenvalue weighted by atomic mass is 9.95. The molecule has 0 bridgehead atoms. The van der Waals surface area contributed by atoms with Gasteiger partial charge in [0.2, 0.25) is 5.91 Å². The predicted octanol–water partition coefficient (Wildman–Crippen LogP) is 7.41. The van der Waals surface area contributed by atoms with Gasteiger partial charge in [0.15, 0.2) is 5.82 Å². The Bertz CT molecular complexity index is 1530. The first-order valence-corrected chi connectivity index (χ1v) is 11.1. The number of fused-ring (bicyclic) bond motifs is 1. The van der Waals surface area contributed by atoms with Crippen molar-refractivity contribution in [1.29, 1.82) is 0 Å². The molecule has 34 heavy (non-hydrogen) atoms. The summed E-state index contributed by atoms with van der Waals surface area (Å²) in [5.41, 5.74) is 6.16. The van der Waals surface area contributed by atoms with Crippen molar-refractivity contribution in [3.05, 3.63) is 115 Å². The number of nitrogens with zero attached hydrogens (tertiary/aromatic N) is 2. The fraction of sp³-hybridized carbons (Fsp3) is 0. The lowest BCUT2D eigenvalue weighted by Gasteiger charge is -2.13. The van der Waals surface area contributed by atoms with Crippen LogP contribution in [0.5, 0.6) is 0 Å². The van der Waals surface area contributed by atoms with Gasteiger partial charge in [-0.2, -0.15) is 0 Å². The predicted molar refractivity (Wildman–Crippen MR) is 140 cm³/mol. The van der Waals surface area contributed by atoms with Crippen LogP contribution in [0.1, 0.15) is 0 Å². The van der Waals surface area contributed by atoms with E-state index in [1.807, 2.05) is 85.1 Å². The van der Waals surface area contributed by atoms with E-state index in [0.29, 0.717) is 16.5 Å². The smallest absolute Gasteiger partial charge is 0.247 e. The van der Waals surface area contributed by atoms with Crippen molar-refractivity contribution in [2.45, 2.75) is 0 Å². The van der Waals surface area contributed by atoms with Gasteiger partial charge in [-0.05, 0) is 47.5 Å². The number of nitrogens with one attached hydrogen (secondary N) is 1. The van der Waals surface area contributed by atoms with E-state index in [9.17, 15) is 4.79 Å². The molecule has 0 fully saturated rings. The Morgan fingerprint density at radius 3 is 2.38 bits per heavy atom. The summed E-state index contributed by atoms with van der Waals surface area (Å²) in [6.45, 7) is 3.53. The van der Waals surface area contributed by atoms with E-state index in [0.717, 1.165) is 38.7 Å². The lowest BCUT2D eigenvalue weighted by molar-refractivity contribution is -0.111. The molecule has 0 radical (unpaired) electrons. The second-order valence-corrected chi connectivity index (χ2v) is 8.18. The summed E-state index contributed by atoms with van der Waals surface area (Å²) in [5, 5.41) is 4.40. The van der Waals surface area contributed by atoms with Crippen LogP contribution < -0.4 is 5.32 Å². The summed E-state index contributed by atoms with van der Waals surface area (Å²) >= 11 is 6.52. The van der Waals surface area contributed by atoms with Crippen LogP contribution in [0.4, 0.5) is 5.69 Å². The highest BCUT2D eigenvalue weighted by atomic mass is 35.5. The Morgan fingerprint density at radius 2 is 1.59 bits per heavy atom. The molecule has 0 saturated heterocycles. The number of hydrogen-bond acceptors (Lipinski definition) is 3. The molecule has 0 unspecified atom stereocenters. The number of benzene rings is 4. The number of aromatic nitrogens is 2. The van der Waals surface area contributed by atoms with E-state index in [1.54, 1.807) is 0 Å². The monoisotopic (exact) mass is 461 g/mol. The molecule has 0 spiro atoms. The Kier molecular flexibility index (Phi) is 5.90. The Morgan fingerprint density at radius 1 is 0.824 bits per heavy atom. The van der Waals surface area contributed by atoms with Crippen LogP contribution >= 0.6 is 11.6 Å². The maximum absolute atomic E-state index is 11.9. The summed E-state index contributed by atoms with van der Waals surface area (Å²) in [5.74, 6) is 0.386. The average Bonchev–Trinajstić information content (AvgIpc) is 2.88. The molecule has 0 aliphatic heterocycles. The first kappa shape index (κ1) is 21.6. The minimum absolute atomic E-state index is 0.263. The summed E-state index contributed by atoms with van der Waals surface area (Å²) in [7, 11) is 0. The zero-order chi connectivity index (χ0) is 23.5. The molecule has 0 aliphatic carbocycles. The Balaban J connectivity index is 1.74. The molecule has 5 aromatic rings. The molecular formula is C29H20ClN3O. The standard InChI is InChI=1S/C29H20ClN3O/c1-2-27(34)32-23-12-8-11-20(16-23)25-17-21(24-13-6-7-14-26(24)30)15-22-18-31-29(33-28(22)25)19-9-4-3-5-10-19/h2-18H,1H2,(H,32,34). The lowest BCUT2D eigenvalue weighted by Crippen LogP contribution is -2.07. The van der Waals surface area contributed by atoms with Crippen molar-refractivity contribution in [1.82, 2.24) is 9.97 Å². The van der Waals surface area contributed by atoms with Gasteiger partial charge in [-0.25, -0.2) is 9.97 Å². The van der Waals surface area contributed by atoms with Crippen molar-refractivity contribution in [3.63, 3.8) is 0 Å². The SMILES string of the molecule is C=CC(=O)Nc1cccc(-c2cc(-c3ccccc3Cl)cc3cnc(-c4ccccc4)nc23)c1. The van der Waals surface area contributed by atoms with Crippen molar-refractivity contribution >= 4 is 34.1 Å². The number of halogens is 1. The van der Waals surface area contributed by atoms with Crippen molar-refractivity contribution in [2.75, 3.05) is 5.32 Å². The quantitative estimate of drug-likeness (QED) is 0.277. The molecule has 164 valence electrons. The van der Waals surface area contributed by atoms with E-state index < -0.39 is 0 Å². The fourth-order valence-corrected chi connectivity index (χ4v) is 4.15. The van der Waals surface area contributed by atoms with Gasteiger partial charge < -0.3 is 5.32 Å². The molecular weight excluding hydrogens is 442 g/mol. The van der Waals surface area contributed by atoms with Gasteiger partial charge in [-0.1, -0.05) is 78.8 Å². The van der Waals surface area contributed by atoms with Crippen LogP contribution in [0.2, 0.25) is 5.02 Å². The zero-order valence-corrected chi connectivity index (χ0v) is 19.0. The third kappa shape index (κ3) is 4.32. The highest BCUT2D eigenvalue weighted by molar-refractivity contribution is 6.33. The number of rotatable bonds is 5. The molecule has 5 heteroatoms. The van der Waals surface area contributed by atoms with Crippen LogP contribution in [0.15, 0.2) is 110 Å². The van der Waals surface area contributed by atoms with Crippen molar-refractivity contribution in [2.24, 2.45) is 0 Å². The minimum Gasteiger partial charge on any atom is -0.323 e. The third-order valence-electron chi connectivity index (χ3n) is 5.53. The molecule has 4 nitrogen and oxygen atoms in total. The summed E-state index contributed by atoms with van der Waals surface area (Å²) < 4.78 is 0. The Hall–Kier alpha value is -4.28. The van der Waals surface area contributed by atoms with Gasteiger partial charge in [0.25, 0.3) is 0 Å². The van der Waals surface area contributed by atoms with Crippen LogP contribution in [-0.4, -0.2) is 15.9 Å². The van der Waals surface area contributed by atoms with Crippen molar-refractivity contribution < 1.29 is 4.79 Å². The molecule has 1 aromatic heterocycles.